The van der Waals surface area contributed by atoms with Crippen LogP contribution in [0.1, 0.15) is 0 Å². The number of hydrogen-bond donors (Lipinski definition) is 0. The Hall–Kier alpha value is 0.01000. The van der Waals surface area contributed by atoms with Crippen molar-refractivity contribution in [3.8, 4) is 0 Å². The zero-order chi connectivity index (χ0) is 5.98. The summed E-state index contributed by atoms with van der Waals surface area (Å²) in [6.07, 6.45) is 6.09. The Balaban J connectivity index is 2.59. The highest BCUT2D eigenvalue weighted by molar-refractivity contribution is 14.1. The van der Waals surface area contributed by atoms with Crippen LogP contribution in [0.25, 0.3) is 0 Å². The van der Waals surface area contributed by atoms with Crippen LogP contribution in [0.3, 0.4) is 0 Å². The largest absolute Gasteiger partial charge is 0.500 e. The molecule has 0 aromatic carbocycles. The molecule has 1 aliphatic carbocycles. The molecule has 1 unspecified atom stereocenters. The molecule has 0 N–H and O–H groups in total. The van der Waals surface area contributed by atoms with Gasteiger partial charge in [-0.2, -0.15) is 0 Å². The highest BCUT2D eigenvalue weighted by Crippen LogP contribution is 2.19. The molecule has 0 radical (unpaired) electrons. The van der Waals surface area contributed by atoms with E-state index >= 15 is 0 Å². The molecule has 0 aromatic heterocycles. The van der Waals surface area contributed by atoms with E-state index in [4.69, 9.17) is 4.74 Å². The molecule has 1 atom stereocenters. The van der Waals surface area contributed by atoms with Crippen LogP contribution in [0.4, 0.5) is 0 Å². The van der Waals surface area contributed by atoms with Crippen LogP contribution in [0.2, 0.25) is 0 Å². The van der Waals surface area contributed by atoms with E-state index in [1.807, 2.05) is 12.2 Å². The summed E-state index contributed by atoms with van der Waals surface area (Å²) in [7, 11) is 1.70. The Morgan fingerprint density at radius 1 is 1.75 bits per heavy atom. The maximum atomic E-state index is 5.01. The van der Waals surface area contributed by atoms with E-state index in [2.05, 4.69) is 28.7 Å². The van der Waals surface area contributed by atoms with E-state index in [0.717, 1.165) is 5.76 Å². The number of alkyl halides is 1. The second-order valence-corrected chi connectivity index (χ2v) is 2.90. The van der Waals surface area contributed by atoms with Crippen LogP contribution in [-0.2, 0) is 4.74 Å². The van der Waals surface area contributed by atoms with E-state index in [9.17, 15) is 0 Å². The van der Waals surface area contributed by atoms with Gasteiger partial charge in [0.15, 0.2) is 0 Å². The van der Waals surface area contributed by atoms with Crippen molar-refractivity contribution in [1.29, 1.82) is 0 Å². The highest BCUT2D eigenvalue weighted by atomic mass is 127. The second kappa shape index (κ2) is 2.53. The van der Waals surface area contributed by atoms with Crippen molar-refractivity contribution in [3.05, 3.63) is 24.0 Å². The van der Waals surface area contributed by atoms with Gasteiger partial charge < -0.3 is 4.74 Å². The van der Waals surface area contributed by atoms with Gasteiger partial charge in [0.2, 0.25) is 0 Å². The molecule has 0 aromatic rings. The third-order valence-electron chi connectivity index (χ3n) is 1.05. The molecule has 0 fully saturated rings. The molecule has 0 heterocycles. The lowest BCUT2D eigenvalue weighted by molar-refractivity contribution is 0.291. The fourth-order valence-electron chi connectivity index (χ4n) is 0.615. The summed E-state index contributed by atoms with van der Waals surface area (Å²) in [6, 6.07) is 0. The van der Waals surface area contributed by atoms with Crippen LogP contribution in [0, 0.1) is 0 Å². The van der Waals surface area contributed by atoms with Crippen LogP contribution >= 0.6 is 22.6 Å². The van der Waals surface area contributed by atoms with Crippen LogP contribution in [0.5, 0.6) is 0 Å². The predicted octanol–water partition coefficient (Wildman–Crippen LogP) is 1.89. The summed E-state index contributed by atoms with van der Waals surface area (Å²) in [4.78, 5) is 0. The maximum Gasteiger partial charge on any atom is 0.112 e. The van der Waals surface area contributed by atoms with E-state index in [1.54, 1.807) is 7.11 Å². The number of rotatable bonds is 1. The first-order valence-electron chi connectivity index (χ1n) is 2.41. The van der Waals surface area contributed by atoms with Crippen molar-refractivity contribution in [2.45, 2.75) is 3.92 Å². The van der Waals surface area contributed by atoms with Gasteiger partial charge in [-0.3, -0.25) is 0 Å². The Bertz CT molecular complexity index is 137. The van der Waals surface area contributed by atoms with Gasteiger partial charge in [-0.15, -0.1) is 0 Å². The predicted molar refractivity (Wildman–Crippen MR) is 42.0 cm³/mol. The average Bonchev–Trinajstić information content (AvgIpc) is 2.14. The molecule has 1 aliphatic rings. The minimum absolute atomic E-state index is 0.456. The van der Waals surface area contributed by atoms with Crippen LogP contribution < -0.4 is 0 Å². The molecule has 0 aliphatic heterocycles. The Morgan fingerprint density at radius 2 is 2.50 bits per heavy atom. The molecule has 2 heteroatoms. The van der Waals surface area contributed by atoms with Crippen LogP contribution in [-0.4, -0.2) is 11.0 Å². The first kappa shape index (κ1) is 6.13. The zero-order valence-corrected chi connectivity index (χ0v) is 6.75. The Kier molecular flexibility index (Phi) is 1.94. The summed E-state index contributed by atoms with van der Waals surface area (Å²) in [5.74, 6) is 1.05. The van der Waals surface area contributed by atoms with Gasteiger partial charge in [-0.1, -0.05) is 34.7 Å². The van der Waals surface area contributed by atoms with E-state index in [-0.39, 0.29) is 0 Å². The molecule has 0 spiro atoms. The number of halogens is 1. The quantitative estimate of drug-likeness (QED) is 0.486. The van der Waals surface area contributed by atoms with Crippen molar-refractivity contribution in [3.63, 3.8) is 0 Å². The smallest absolute Gasteiger partial charge is 0.112 e. The summed E-state index contributed by atoms with van der Waals surface area (Å²) in [5, 5.41) is 0. The van der Waals surface area contributed by atoms with Crippen molar-refractivity contribution < 1.29 is 4.74 Å². The molecule has 0 saturated carbocycles. The van der Waals surface area contributed by atoms with Crippen molar-refractivity contribution in [1.82, 2.24) is 0 Å². The molecular weight excluding hydrogens is 215 g/mol. The number of hydrogen-bond acceptors (Lipinski definition) is 1. The lowest BCUT2D eigenvalue weighted by atomic mass is 10.4. The SMILES string of the molecule is COC1=CC=CC1I. The minimum Gasteiger partial charge on any atom is -0.500 e. The first-order chi connectivity index (χ1) is 3.84. The molecule has 0 bridgehead atoms. The fourth-order valence-corrected chi connectivity index (χ4v) is 1.32. The van der Waals surface area contributed by atoms with Crippen LogP contribution in [0.15, 0.2) is 24.0 Å². The van der Waals surface area contributed by atoms with Crippen molar-refractivity contribution >= 4 is 22.6 Å². The first-order valence-corrected chi connectivity index (χ1v) is 3.65. The normalized spacial score (nSPS) is 25.8. The topological polar surface area (TPSA) is 9.23 Å². The van der Waals surface area contributed by atoms with Gasteiger partial charge in [0.25, 0.3) is 0 Å². The molecule has 8 heavy (non-hydrogen) atoms. The minimum atomic E-state index is 0.456. The lowest BCUT2D eigenvalue weighted by Gasteiger charge is -2.02. The van der Waals surface area contributed by atoms with Gasteiger partial charge in [0.1, 0.15) is 5.76 Å². The maximum absolute atomic E-state index is 5.01. The van der Waals surface area contributed by atoms with Crippen molar-refractivity contribution in [2.24, 2.45) is 0 Å². The summed E-state index contributed by atoms with van der Waals surface area (Å²) in [5.41, 5.74) is 0. The highest BCUT2D eigenvalue weighted by Gasteiger charge is 2.09. The lowest BCUT2D eigenvalue weighted by Crippen LogP contribution is -1.95. The molecule has 44 valence electrons. The zero-order valence-electron chi connectivity index (χ0n) is 4.60. The third-order valence-corrected chi connectivity index (χ3v) is 2.08. The number of ether oxygens (including phenoxy) is 1. The second-order valence-electron chi connectivity index (χ2n) is 1.56. The Morgan fingerprint density at radius 3 is 2.75 bits per heavy atom. The van der Waals surface area contributed by atoms with Gasteiger partial charge in [0, 0.05) is 0 Å². The Labute approximate surface area is 62.6 Å². The number of methoxy groups -OCH3 is 1. The summed E-state index contributed by atoms with van der Waals surface area (Å²) < 4.78 is 5.47. The average molecular weight is 222 g/mol. The van der Waals surface area contributed by atoms with Gasteiger partial charge in [-0.05, 0) is 6.08 Å². The summed E-state index contributed by atoms with van der Waals surface area (Å²) in [6.45, 7) is 0. The van der Waals surface area contributed by atoms with Gasteiger partial charge >= 0.3 is 0 Å². The van der Waals surface area contributed by atoms with Gasteiger partial charge in [-0.25, -0.2) is 0 Å². The van der Waals surface area contributed by atoms with Gasteiger partial charge in [0.05, 0.1) is 11.0 Å². The van der Waals surface area contributed by atoms with E-state index in [1.165, 1.54) is 0 Å². The molecule has 1 nitrogen and oxygen atoms in total. The summed E-state index contributed by atoms with van der Waals surface area (Å²) >= 11 is 2.31. The monoisotopic (exact) mass is 222 g/mol. The molecule has 0 amide bonds. The molecule has 1 rings (SSSR count). The van der Waals surface area contributed by atoms with E-state index < -0.39 is 0 Å². The third kappa shape index (κ3) is 1.05. The molecule has 0 saturated heterocycles. The fraction of sp³-hybridized carbons (Fsp3) is 0.333. The number of allylic oxidation sites excluding steroid dienone is 3. The molecular formula is C6H7IO. The van der Waals surface area contributed by atoms with Crippen molar-refractivity contribution in [2.75, 3.05) is 7.11 Å². The van der Waals surface area contributed by atoms with E-state index in [0.29, 0.717) is 3.92 Å². The standard InChI is InChI=1S/C6H7IO/c1-8-6-4-2-3-5(6)7/h2-5H,1H3.